The van der Waals surface area contributed by atoms with Crippen molar-refractivity contribution in [2.75, 3.05) is 0 Å². The molecule has 0 radical (unpaired) electrons. The molecule has 0 aliphatic heterocycles. The van der Waals surface area contributed by atoms with Crippen LogP contribution in [0.15, 0.2) is 36.5 Å². The molecule has 0 heteroatoms. The van der Waals surface area contributed by atoms with Crippen LogP contribution in [0.25, 0.3) is 0 Å². The number of fused-ring (bicyclic) bond motifs is 1. The fourth-order valence-electron chi connectivity index (χ4n) is 3.61. The summed E-state index contributed by atoms with van der Waals surface area (Å²) in [6.45, 7) is 12.9. The summed E-state index contributed by atoms with van der Waals surface area (Å²) in [4.78, 5) is 0. The van der Waals surface area contributed by atoms with E-state index in [-0.39, 0.29) is 0 Å². The molecular weight excluding hydrogens is 192 g/mol. The molecule has 0 spiro atoms. The number of allylic oxidation sites excluding steroid dienone is 4. The molecule has 2 aliphatic rings. The van der Waals surface area contributed by atoms with E-state index in [4.69, 9.17) is 0 Å². The Morgan fingerprint density at radius 3 is 2.88 bits per heavy atom. The molecule has 0 amide bonds. The molecular formula is C16H24. The monoisotopic (exact) mass is 216 g/mol. The Balaban J connectivity index is 2.33. The zero-order valence-corrected chi connectivity index (χ0v) is 10.8. The molecule has 0 aromatic rings. The molecule has 1 fully saturated rings. The number of rotatable bonds is 2. The summed E-state index contributed by atoms with van der Waals surface area (Å²) in [5.74, 6) is 1.46. The molecule has 2 aliphatic carbocycles. The molecule has 2 rings (SSSR count). The van der Waals surface area contributed by atoms with E-state index in [0.29, 0.717) is 11.3 Å². The van der Waals surface area contributed by atoms with Gasteiger partial charge in [-0.2, -0.15) is 0 Å². The molecule has 88 valence electrons. The van der Waals surface area contributed by atoms with Gasteiger partial charge in [0.2, 0.25) is 0 Å². The van der Waals surface area contributed by atoms with Crippen molar-refractivity contribution in [1.29, 1.82) is 0 Å². The number of hydrogen-bond acceptors (Lipinski definition) is 0. The molecule has 0 N–H and O–H groups in total. The van der Waals surface area contributed by atoms with Crippen LogP contribution < -0.4 is 0 Å². The molecule has 0 aromatic heterocycles. The third-order valence-corrected chi connectivity index (χ3v) is 4.88. The summed E-state index contributed by atoms with van der Waals surface area (Å²) < 4.78 is 0. The standard InChI is InChI=1S/C16H24/c1-5-16-11-14(12(2)3)9-10-15(16)8-6-7-13(16)4/h5,8,13-14H,1-2,6-7,9-11H2,3-4H3. The van der Waals surface area contributed by atoms with Gasteiger partial charge in [0, 0.05) is 5.41 Å². The Hall–Kier alpha value is -0.780. The fourth-order valence-corrected chi connectivity index (χ4v) is 3.61. The average Bonchev–Trinajstić information content (AvgIpc) is 2.29. The first kappa shape index (κ1) is 11.7. The summed E-state index contributed by atoms with van der Waals surface area (Å²) in [7, 11) is 0. The largest absolute Gasteiger partial charge is 0.102 e. The molecule has 0 bridgehead atoms. The van der Waals surface area contributed by atoms with Crippen molar-refractivity contribution >= 4 is 0 Å². The molecule has 0 aromatic carbocycles. The Kier molecular flexibility index (Phi) is 3.10. The quantitative estimate of drug-likeness (QED) is 0.576. The highest BCUT2D eigenvalue weighted by Gasteiger charge is 2.43. The van der Waals surface area contributed by atoms with Gasteiger partial charge in [-0.15, -0.1) is 6.58 Å². The van der Waals surface area contributed by atoms with Crippen molar-refractivity contribution in [2.45, 2.75) is 46.0 Å². The van der Waals surface area contributed by atoms with Crippen LogP contribution in [0, 0.1) is 17.3 Å². The Labute approximate surface area is 100 Å². The Bertz CT molecular complexity index is 334. The van der Waals surface area contributed by atoms with Crippen LogP contribution in [-0.4, -0.2) is 0 Å². The highest BCUT2D eigenvalue weighted by atomic mass is 14.5. The molecule has 3 atom stereocenters. The average molecular weight is 216 g/mol. The van der Waals surface area contributed by atoms with E-state index in [0.717, 1.165) is 5.92 Å². The molecule has 16 heavy (non-hydrogen) atoms. The van der Waals surface area contributed by atoms with Gasteiger partial charge in [0.15, 0.2) is 0 Å². The second-order valence-corrected chi connectivity index (χ2v) is 5.74. The second kappa shape index (κ2) is 4.24. The van der Waals surface area contributed by atoms with Crippen LogP contribution in [0.4, 0.5) is 0 Å². The summed E-state index contributed by atoms with van der Waals surface area (Å²) >= 11 is 0. The number of hydrogen-bond donors (Lipinski definition) is 0. The minimum Gasteiger partial charge on any atom is -0.102 e. The van der Waals surface area contributed by atoms with Crippen LogP contribution in [-0.2, 0) is 0 Å². The van der Waals surface area contributed by atoms with Gasteiger partial charge >= 0.3 is 0 Å². The second-order valence-electron chi connectivity index (χ2n) is 5.74. The van der Waals surface area contributed by atoms with Crippen LogP contribution in [0.5, 0.6) is 0 Å². The topological polar surface area (TPSA) is 0 Å². The lowest BCUT2D eigenvalue weighted by Gasteiger charge is -2.48. The van der Waals surface area contributed by atoms with Crippen LogP contribution in [0.1, 0.15) is 46.0 Å². The van der Waals surface area contributed by atoms with Crippen molar-refractivity contribution in [2.24, 2.45) is 17.3 Å². The van der Waals surface area contributed by atoms with Crippen LogP contribution in [0.3, 0.4) is 0 Å². The van der Waals surface area contributed by atoms with Gasteiger partial charge in [0.05, 0.1) is 0 Å². The van der Waals surface area contributed by atoms with Crippen molar-refractivity contribution in [3.05, 3.63) is 36.5 Å². The van der Waals surface area contributed by atoms with Gasteiger partial charge in [-0.05, 0) is 50.9 Å². The van der Waals surface area contributed by atoms with Gasteiger partial charge in [0.25, 0.3) is 0 Å². The SMILES string of the molecule is C=CC12CC(C(=C)C)CCC1=CCCC2C. The molecule has 0 heterocycles. The van der Waals surface area contributed by atoms with E-state index in [1.165, 1.54) is 37.7 Å². The van der Waals surface area contributed by atoms with Crippen LogP contribution in [0.2, 0.25) is 0 Å². The van der Waals surface area contributed by atoms with Gasteiger partial charge in [0.1, 0.15) is 0 Å². The van der Waals surface area contributed by atoms with Crippen molar-refractivity contribution in [1.82, 2.24) is 0 Å². The predicted molar refractivity (Wildman–Crippen MR) is 71.3 cm³/mol. The summed E-state index contributed by atoms with van der Waals surface area (Å²) in [5, 5.41) is 0. The molecule has 1 saturated carbocycles. The van der Waals surface area contributed by atoms with Crippen molar-refractivity contribution in [3.63, 3.8) is 0 Å². The molecule has 0 nitrogen and oxygen atoms in total. The van der Waals surface area contributed by atoms with Crippen molar-refractivity contribution in [3.8, 4) is 0 Å². The molecule has 0 saturated heterocycles. The minimum atomic E-state index is 0.292. The lowest BCUT2D eigenvalue weighted by atomic mass is 9.57. The predicted octanol–water partition coefficient (Wildman–Crippen LogP) is 4.89. The fraction of sp³-hybridized carbons (Fsp3) is 0.625. The van der Waals surface area contributed by atoms with Gasteiger partial charge in [-0.25, -0.2) is 0 Å². The Morgan fingerprint density at radius 2 is 2.25 bits per heavy atom. The lowest BCUT2D eigenvalue weighted by Crippen LogP contribution is -2.37. The Morgan fingerprint density at radius 1 is 1.50 bits per heavy atom. The first-order valence-corrected chi connectivity index (χ1v) is 6.58. The highest BCUT2D eigenvalue weighted by molar-refractivity contribution is 5.29. The highest BCUT2D eigenvalue weighted by Crippen LogP contribution is 2.54. The smallest absolute Gasteiger partial charge is 0.0120 e. The van der Waals surface area contributed by atoms with E-state index in [9.17, 15) is 0 Å². The lowest BCUT2D eigenvalue weighted by molar-refractivity contribution is 0.184. The van der Waals surface area contributed by atoms with E-state index in [1.54, 1.807) is 5.57 Å². The van der Waals surface area contributed by atoms with E-state index >= 15 is 0 Å². The van der Waals surface area contributed by atoms with E-state index < -0.39 is 0 Å². The maximum Gasteiger partial charge on any atom is 0.0120 e. The van der Waals surface area contributed by atoms with Gasteiger partial charge < -0.3 is 0 Å². The third-order valence-electron chi connectivity index (χ3n) is 4.88. The minimum absolute atomic E-state index is 0.292. The summed E-state index contributed by atoms with van der Waals surface area (Å²) in [6.07, 6.45) is 11.1. The maximum absolute atomic E-state index is 4.15. The maximum atomic E-state index is 4.15. The summed E-state index contributed by atoms with van der Waals surface area (Å²) in [6, 6.07) is 0. The molecule has 3 unspecified atom stereocenters. The normalized spacial score (nSPS) is 38.5. The van der Waals surface area contributed by atoms with Crippen molar-refractivity contribution < 1.29 is 0 Å². The third kappa shape index (κ3) is 1.69. The first-order chi connectivity index (χ1) is 7.60. The van der Waals surface area contributed by atoms with Gasteiger partial charge in [-0.3, -0.25) is 0 Å². The van der Waals surface area contributed by atoms with Crippen LogP contribution >= 0.6 is 0 Å². The van der Waals surface area contributed by atoms with E-state index in [1.807, 2.05) is 0 Å². The van der Waals surface area contributed by atoms with Gasteiger partial charge in [-0.1, -0.05) is 36.8 Å². The van der Waals surface area contributed by atoms with E-state index in [2.05, 4.69) is 39.2 Å². The first-order valence-electron chi connectivity index (χ1n) is 6.58. The zero-order valence-electron chi connectivity index (χ0n) is 10.8. The zero-order chi connectivity index (χ0) is 11.8. The summed E-state index contributed by atoms with van der Waals surface area (Å²) in [5.41, 5.74) is 3.32.